The largest absolute Gasteiger partial charge is 0.483 e. The van der Waals surface area contributed by atoms with Gasteiger partial charge in [0.15, 0.2) is 5.60 Å². The Bertz CT molecular complexity index is 730. The van der Waals surface area contributed by atoms with E-state index in [2.05, 4.69) is 15.3 Å². The smallest absolute Gasteiger partial charge is 0.275 e. The number of hydrogen-bond donors (Lipinski definition) is 1. The highest BCUT2D eigenvalue weighted by Crippen LogP contribution is 2.26. The molecule has 0 atom stereocenters. The number of aryl methyl sites for hydroxylation is 1. The summed E-state index contributed by atoms with van der Waals surface area (Å²) in [6.45, 7) is 4.73. The molecule has 1 amide bonds. The van der Waals surface area contributed by atoms with Crippen LogP contribution in [0.15, 0.2) is 30.5 Å². The number of carbonyl (C=O) groups excluding carboxylic acids is 1. The first kappa shape index (κ1) is 15.4. The maximum Gasteiger partial charge on any atom is 0.275 e. The van der Waals surface area contributed by atoms with E-state index in [9.17, 15) is 9.18 Å². The summed E-state index contributed by atoms with van der Waals surface area (Å²) < 4.78 is 23.8. The maximum absolute atomic E-state index is 12.8. The van der Waals surface area contributed by atoms with Gasteiger partial charge in [-0.25, -0.2) is 14.4 Å². The molecule has 0 spiro atoms. The van der Waals surface area contributed by atoms with Crippen molar-refractivity contribution in [2.45, 2.75) is 19.4 Å². The van der Waals surface area contributed by atoms with E-state index in [-0.39, 0.29) is 17.1 Å². The molecular weight excluding hydrogens is 301 g/mol. The van der Waals surface area contributed by atoms with Crippen molar-refractivity contribution in [1.29, 1.82) is 0 Å². The molecule has 0 unspecified atom stereocenters. The fourth-order valence-electron chi connectivity index (χ4n) is 2.18. The molecule has 7 heteroatoms. The number of pyridine rings is 2. The van der Waals surface area contributed by atoms with E-state index in [0.29, 0.717) is 24.7 Å². The quantitative estimate of drug-likeness (QED) is 0.937. The molecule has 1 saturated heterocycles. The van der Waals surface area contributed by atoms with Gasteiger partial charge < -0.3 is 14.8 Å². The van der Waals surface area contributed by atoms with Crippen molar-refractivity contribution >= 4 is 11.7 Å². The van der Waals surface area contributed by atoms with Gasteiger partial charge in [-0.3, -0.25) is 4.79 Å². The van der Waals surface area contributed by atoms with E-state index in [1.165, 1.54) is 12.1 Å². The molecule has 6 nitrogen and oxygen atoms in total. The van der Waals surface area contributed by atoms with Crippen LogP contribution in [-0.2, 0) is 4.74 Å². The number of halogens is 1. The standard InChI is InChI=1S/C16H16FN3O3/c1-10-5-12(23-16(2)8-22-9-16)6-13(19-10)15(21)20-14-4-3-11(17)7-18-14/h3-7H,8-9H2,1-2H3,(H,18,20,21). The van der Waals surface area contributed by atoms with Gasteiger partial charge in [0.25, 0.3) is 5.91 Å². The zero-order chi connectivity index (χ0) is 16.4. The van der Waals surface area contributed by atoms with Crippen LogP contribution >= 0.6 is 0 Å². The molecule has 2 aromatic rings. The van der Waals surface area contributed by atoms with E-state index in [4.69, 9.17) is 9.47 Å². The van der Waals surface area contributed by atoms with E-state index < -0.39 is 11.7 Å². The first-order valence-electron chi connectivity index (χ1n) is 7.12. The van der Waals surface area contributed by atoms with Gasteiger partial charge in [0.2, 0.25) is 0 Å². The second-order valence-corrected chi connectivity index (χ2v) is 5.69. The van der Waals surface area contributed by atoms with Gasteiger partial charge in [-0.1, -0.05) is 0 Å². The van der Waals surface area contributed by atoms with Crippen LogP contribution in [0, 0.1) is 12.7 Å². The number of nitrogens with zero attached hydrogens (tertiary/aromatic N) is 2. The van der Waals surface area contributed by atoms with Gasteiger partial charge in [-0.05, 0) is 26.0 Å². The first-order valence-corrected chi connectivity index (χ1v) is 7.12. The lowest BCUT2D eigenvalue weighted by molar-refractivity contribution is -0.149. The predicted octanol–water partition coefficient (Wildman–Crippen LogP) is 2.34. The molecule has 0 bridgehead atoms. The third kappa shape index (κ3) is 3.62. The molecule has 0 aliphatic carbocycles. The summed E-state index contributed by atoms with van der Waals surface area (Å²) in [6.07, 6.45) is 1.03. The zero-order valence-electron chi connectivity index (χ0n) is 12.8. The average molecular weight is 317 g/mol. The van der Waals surface area contributed by atoms with E-state index in [0.717, 1.165) is 6.20 Å². The fraction of sp³-hybridized carbons (Fsp3) is 0.312. The van der Waals surface area contributed by atoms with Crippen molar-refractivity contribution in [3.05, 3.63) is 47.7 Å². The zero-order valence-corrected chi connectivity index (χ0v) is 12.8. The van der Waals surface area contributed by atoms with Gasteiger partial charge in [0, 0.05) is 17.8 Å². The Kier molecular flexibility index (Phi) is 3.96. The Morgan fingerprint density at radius 3 is 2.78 bits per heavy atom. The molecule has 2 aromatic heterocycles. The van der Waals surface area contributed by atoms with Crippen molar-refractivity contribution in [1.82, 2.24) is 9.97 Å². The first-order chi connectivity index (χ1) is 10.9. The van der Waals surface area contributed by atoms with E-state index >= 15 is 0 Å². The molecule has 0 aromatic carbocycles. The average Bonchev–Trinajstić information content (AvgIpc) is 2.47. The Balaban J connectivity index is 1.77. The van der Waals surface area contributed by atoms with Crippen LogP contribution < -0.4 is 10.1 Å². The molecule has 0 saturated carbocycles. The summed E-state index contributed by atoms with van der Waals surface area (Å²) in [5.41, 5.74) is 0.485. The third-order valence-corrected chi connectivity index (χ3v) is 3.31. The number of amides is 1. The topological polar surface area (TPSA) is 73.3 Å². The van der Waals surface area contributed by atoms with Gasteiger partial charge in [-0.2, -0.15) is 0 Å². The monoisotopic (exact) mass is 317 g/mol. The minimum atomic E-state index is -0.469. The Hall–Kier alpha value is -2.54. The normalized spacial score (nSPS) is 15.6. The molecule has 120 valence electrons. The molecular formula is C16H16FN3O3. The maximum atomic E-state index is 12.8. The lowest BCUT2D eigenvalue weighted by Crippen LogP contribution is -2.51. The lowest BCUT2D eigenvalue weighted by Gasteiger charge is -2.38. The third-order valence-electron chi connectivity index (χ3n) is 3.31. The lowest BCUT2D eigenvalue weighted by atomic mass is 10.1. The van der Waals surface area contributed by atoms with Crippen molar-refractivity contribution in [3.8, 4) is 5.75 Å². The van der Waals surface area contributed by atoms with Crippen molar-refractivity contribution in [3.63, 3.8) is 0 Å². The van der Waals surface area contributed by atoms with E-state index in [1.54, 1.807) is 19.1 Å². The second-order valence-electron chi connectivity index (χ2n) is 5.69. The summed E-state index contributed by atoms with van der Waals surface area (Å²) in [5, 5.41) is 2.57. The molecule has 1 aliphatic heterocycles. The van der Waals surface area contributed by atoms with Gasteiger partial charge in [-0.15, -0.1) is 0 Å². The molecule has 0 radical (unpaired) electrons. The van der Waals surface area contributed by atoms with Gasteiger partial charge in [0.05, 0.1) is 19.4 Å². The van der Waals surface area contributed by atoms with Gasteiger partial charge in [0.1, 0.15) is 23.1 Å². The van der Waals surface area contributed by atoms with Crippen molar-refractivity contribution < 1.29 is 18.7 Å². The van der Waals surface area contributed by atoms with Crippen molar-refractivity contribution in [2.24, 2.45) is 0 Å². The summed E-state index contributed by atoms with van der Waals surface area (Å²) >= 11 is 0. The highest BCUT2D eigenvalue weighted by Gasteiger charge is 2.36. The van der Waals surface area contributed by atoms with Crippen LogP contribution in [0.25, 0.3) is 0 Å². The number of nitrogens with one attached hydrogen (secondary N) is 1. The summed E-state index contributed by atoms with van der Waals surface area (Å²) in [7, 11) is 0. The summed E-state index contributed by atoms with van der Waals surface area (Å²) in [6, 6.07) is 5.93. The minimum Gasteiger partial charge on any atom is -0.483 e. The van der Waals surface area contributed by atoms with Crippen LogP contribution in [0.1, 0.15) is 23.1 Å². The molecule has 1 aliphatic rings. The van der Waals surface area contributed by atoms with Crippen LogP contribution in [0.2, 0.25) is 0 Å². The molecule has 23 heavy (non-hydrogen) atoms. The fourth-order valence-corrected chi connectivity index (χ4v) is 2.18. The SMILES string of the molecule is Cc1cc(OC2(C)COC2)cc(C(=O)Nc2ccc(F)cn2)n1. The number of anilines is 1. The molecule has 1 fully saturated rings. The summed E-state index contributed by atoms with van der Waals surface area (Å²) in [5.74, 6) is -0.0990. The van der Waals surface area contributed by atoms with E-state index in [1.807, 2.05) is 6.92 Å². The second kappa shape index (κ2) is 5.92. The molecule has 3 rings (SSSR count). The predicted molar refractivity (Wildman–Crippen MR) is 81.0 cm³/mol. The van der Waals surface area contributed by atoms with Crippen molar-refractivity contribution in [2.75, 3.05) is 18.5 Å². The Morgan fingerprint density at radius 2 is 2.17 bits per heavy atom. The highest BCUT2D eigenvalue weighted by atomic mass is 19.1. The van der Waals surface area contributed by atoms with Crippen LogP contribution in [0.5, 0.6) is 5.75 Å². The highest BCUT2D eigenvalue weighted by molar-refractivity contribution is 6.02. The molecule has 3 heterocycles. The number of carbonyl (C=O) groups is 1. The Morgan fingerprint density at radius 1 is 1.39 bits per heavy atom. The summed E-state index contributed by atoms with van der Waals surface area (Å²) in [4.78, 5) is 20.2. The number of ether oxygens (including phenoxy) is 2. The van der Waals surface area contributed by atoms with Crippen LogP contribution in [-0.4, -0.2) is 34.7 Å². The minimum absolute atomic E-state index is 0.204. The number of rotatable bonds is 4. The van der Waals surface area contributed by atoms with Gasteiger partial charge >= 0.3 is 0 Å². The Labute approximate surface area is 132 Å². The molecule has 1 N–H and O–H groups in total. The number of aromatic nitrogens is 2. The van der Waals surface area contributed by atoms with Crippen LogP contribution in [0.4, 0.5) is 10.2 Å². The number of hydrogen-bond acceptors (Lipinski definition) is 5. The van der Waals surface area contributed by atoms with Crippen LogP contribution in [0.3, 0.4) is 0 Å².